The summed E-state index contributed by atoms with van der Waals surface area (Å²) in [5, 5.41) is 19.2. The van der Waals surface area contributed by atoms with Crippen molar-refractivity contribution in [2.75, 3.05) is 0 Å². The van der Waals surface area contributed by atoms with Gasteiger partial charge >= 0.3 is 0 Å². The van der Waals surface area contributed by atoms with Crippen molar-refractivity contribution in [1.82, 2.24) is 0 Å². The van der Waals surface area contributed by atoms with Gasteiger partial charge in [-0.3, -0.25) is 0 Å². The minimum Gasteiger partial charge on any atom is -0.390 e. The van der Waals surface area contributed by atoms with Crippen LogP contribution in [0.2, 0.25) is 0 Å². The van der Waals surface area contributed by atoms with E-state index in [0.29, 0.717) is 5.56 Å². The van der Waals surface area contributed by atoms with Crippen LogP contribution in [-0.4, -0.2) is 21.9 Å². The summed E-state index contributed by atoms with van der Waals surface area (Å²) < 4.78 is 13.7. The molecule has 1 unspecified atom stereocenters. The Labute approximate surface area is 96.9 Å². The molecule has 0 amide bonds. The van der Waals surface area contributed by atoms with Crippen molar-refractivity contribution in [3.05, 3.63) is 34.1 Å². The molecular formula is C11H14BrFO2. The summed E-state index contributed by atoms with van der Waals surface area (Å²) >= 11 is 3.27. The van der Waals surface area contributed by atoms with Crippen LogP contribution in [0.4, 0.5) is 4.39 Å². The topological polar surface area (TPSA) is 40.5 Å². The fraction of sp³-hybridized carbons (Fsp3) is 0.455. The van der Waals surface area contributed by atoms with E-state index in [1.54, 1.807) is 6.07 Å². The second kappa shape index (κ2) is 4.60. The number of rotatable bonds is 3. The van der Waals surface area contributed by atoms with Crippen molar-refractivity contribution in [2.24, 2.45) is 0 Å². The van der Waals surface area contributed by atoms with E-state index in [1.807, 2.05) is 0 Å². The van der Waals surface area contributed by atoms with Crippen molar-refractivity contribution < 1.29 is 14.6 Å². The minimum atomic E-state index is -1.19. The first-order valence-electron chi connectivity index (χ1n) is 4.65. The number of halogens is 2. The molecule has 0 radical (unpaired) electrons. The van der Waals surface area contributed by atoms with E-state index in [9.17, 15) is 14.6 Å². The second-order valence-corrected chi connectivity index (χ2v) is 4.96. The molecule has 1 atom stereocenters. The highest BCUT2D eigenvalue weighted by atomic mass is 79.9. The van der Waals surface area contributed by atoms with Crippen molar-refractivity contribution in [3.8, 4) is 0 Å². The molecule has 4 heteroatoms. The first-order valence-corrected chi connectivity index (χ1v) is 5.44. The molecule has 0 aliphatic heterocycles. The zero-order chi connectivity index (χ0) is 11.6. The Hall–Kier alpha value is -0.450. The molecular weight excluding hydrogens is 263 g/mol. The van der Waals surface area contributed by atoms with Gasteiger partial charge in [-0.1, -0.05) is 15.9 Å². The molecule has 2 nitrogen and oxygen atoms in total. The fourth-order valence-electron chi connectivity index (χ4n) is 1.16. The molecule has 0 aliphatic carbocycles. The zero-order valence-corrected chi connectivity index (χ0v) is 10.3. The Bertz CT molecular complexity index is 347. The lowest BCUT2D eigenvalue weighted by atomic mass is 9.95. The van der Waals surface area contributed by atoms with E-state index in [-0.39, 0.29) is 12.2 Å². The number of aliphatic hydroxyl groups is 2. The maximum atomic E-state index is 12.9. The van der Waals surface area contributed by atoms with Crippen LogP contribution in [0.3, 0.4) is 0 Å². The highest BCUT2D eigenvalue weighted by Gasteiger charge is 2.25. The maximum absolute atomic E-state index is 12.9. The van der Waals surface area contributed by atoms with Gasteiger partial charge in [-0.15, -0.1) is 0 Å². The third-order valence-electron chi connectivity index (χ3n) is 2.24. The van der Waals surface area contributed by atoms with Gasteiger partial charge in [0.15, 0.2) is 0 Å². The van der Waals surface area contributed by atoms with Crippen LogP contribution >= 0.6 is 15.9 Å². The Morgan fingerprint density at radius 2 is 2.07 bits per heavy atom. The Kier molecular flexibility index (Phi) is 3.87. The smallest absolute Gasteiger partial charge is 0.123 e. The third kappa shape index (κ3) is 3.55. The summed E-state index contributed by atoms with van der Waals surface area (Å²) in [5.41, 5.74) is -0.546. The molecule has 0 saturated heterocycles. The molecule has 1 aromatic rings. The lowest BCUT2D eigenvalue weighted by molar-refractivity contribution is -0.0470. The fourth-order valence-corrected chi connectivity index (χ4v) is 1.57. The van der Waals surface area contributed by atoms with Crippen molar-refractivity contribution in [1.29, 1.82) is 0 Å². The quantitative estimate of drug-likeness (QED) is 0.889. The number of aliphatic hydroxyl groups excluding tert-OH is 1. The average Bonchev–Trinajstić information content (AvgIpc) is 2.09. The van der Waals surface area contributed by atoms with E-state index >= 15 is 0 Å². The molecule has 0 bridgehead atoms. The average molecular weight is 277 g/mol. The van der Waals surface area contributed by atoms with E-state index < -0.39 is 11.7 Å². The van der Waals surface area contributed by atoms with E-state index in [2.05, 4.69) is 15.9 Å². The van der Waals surface area contributed by atoms with Crippen molar-refractivity contribution >= 4 is 15.9 Å². The van der Waals surface area contributed by atoms with Crippen LogP contribution in [0, 0.1) is 5.82 Å². The molecule has 0 saturated carbocycles. The van der Waals surface area contributed by atoms with E-state index in [1.165, 1.54) is 26.0 Å². The summed E-state index contributed by atoms with van der Waals surface area (Å²) in [6.07, 6.45) is -0.711. The molecule has 1 rings (SSSR count). The van der Waals surface area contributed by atoms with Gasteiger partial charge in [-0.2, -0.15) is 0 Å². The van der Waals surface area contributed by atoms with Gasteiger partial charge in [0.2, 0.25) is 0 Å². The molecule has 0 heterocycles. The first kappa shape index (κ1) is 12.6. The van der Waals surface area contributed by atoms with Crippen LogP contribution in [0.1, 0.15) is 19.4 Å². The molecule has 1 aromatic carbocycles. The monoisotopic (exact) mass is 276 g/mol. The predicted molar refractivity (Wildman–Crippen MR) is 60.1 cm³/mol. The highest BCUT2D eigenvalue weighted by molar-refractivity contribution is 9.10. The van der Waals surface area contributed by atoms with Crippen LogP contribution in [0.25, 0.3) is 0 Å². The van der Waals surface area contributed by atoms with E-state index in [0.717, 1.165) is 4.47 Å². The van der Waals surface area contributed by atoms with Gasteiger partial charge in [-0.05, 0) is 37.6 Å². The number of benzene rings is 1. The normalized spacial score (nSPS) is 14.0. The third-order valence-corrected chi connectivity index (χ3v) is 3.01. The lowest BCUT2D eigenvalue weighted by Crippen LogP contribution is -2.37. The molecule has 84 valence electrons. The summed E-state index contributed by atoms with van der Waals surface area (Å²) in [6, 6.07) is 4.27. The van der Waals surface area contributed by atoms with Gasteiger partial charge in [0.1, 0.15) is 5.82 Å². The van der Waals surface area contributed by atoms with Crippen molar-refractivity contribution in [3.63, 3.8) is 0 Å². The summed E-state index contributed by atoms with van der Waals surface area (Å²) in [6.45, 7) is 3.04. The van der Waals surface area contributed by atoms with Gasteiger partial charge in [-0.25, -0.2) is 4.39 Å². The molecule has 2 N–H and O–H groups in total. The first-order chi connectivity index (χ1) is 6.80. The summed E-state index contributed by atoms with van der Waals surface area (Å²) in [4.78, 5) is 0. The lowest BCUT2D eigenvalue weighted by Gasteiger charge is -2.24. The molecule has 0 fully saturated rings. The van der Waals surface area contributed by atoms with Crippen molar-refractivity contribution in [2.45, 2.75) is 32.0 Å². The SMILES string of the molecule is CC(C)(O)C(O)Cc1cc(F)ccc1Br. The highest BCUT2D eigenvalue weighted by Crippen LogP contribution is 2.22. The number of hydrogen-bond acceptors (Lipinski definition) is 2. The summed E-state index contributed by atoms with van der Waals surface area (Å²) in [7, 11) is 0. The van der Waals surface area contributed by atoms with Gasteiger partial charge in [0.25, 0.3) is 0 Å². The van der Waals surface area contributed by atoms with Crippen LogP contribution in [0.5, 0.6) is 0 Å². The zero-order valence-electron chi connectivity index (χ0n) is 8.67. The molecule has 0 spiro atoms. The van der Waals surface area contributed by atoms with Crippen LogP contribution in [-0.2, 0) is 6.42 Å². The van der Waals surface area contributed by atoms with Gasteiger partial charge in [0, 0.05) is 10.9 Å². The summed E-state index contributed by atoms with van der Waals surface area (Å²) in [5.74, 6) is -0.351. The Morgan fingerprint density at radius 3 is 2.60 bits per heavy atom. The largest absolute Gasteiger partial charge is 0.390 e. The predicted octanol–water partition coefficient (Wildman–Crippen LogP) is 2.26. The van der Waals surface area contributed by atoms with Gasteiger partial charge in [0.05, 0.1) is 11.7 Å². The minimum absolute atomic E-state index is 0.210. The van der Waals surface area contributed by atoms with Crippen LogP contribution in [0.15, 0.2) is 22.7 Å². The molecule has 0 aromatic heterocycles. The Morgan fingerprint density at radius 1 is 1.47 bits per heavy atom. The standard InChI is InChI=1S/C11H14BrFO2/c1-11(2,15)10(14)6-7-5-8(13)3-4-9(7)12/h3-5,10,14-15H,6H2,1-2H3. The van der Waals surface area contributed by atoms with Crippen LogP contribution < -0.4 is 0 Å². The molecule has 15 heavy (non-hydrogen) atoms. The van der Waals surface area contributed by atoms with Gasteiger partial charge < -0.3 is 10.2 Å². The molecule has 0 aliphatic rings. The maximum Gasteiger partial charge on any atom is 0.123 e. The van der Waals surface area contributed by atoms with E-state index in [4.69, 9.17) is 0 Å². The Balaban J connectivity index is 2.85. The second-order valence-electron chi connectivity index (χ2n) is 4.11. The number of hydrogen-bond donors (Lipinski definition) is 2.